The summed E-state index contributed by atoms with van der Waals surface area (Å²) in [6, 6.07) is 12.9. The molecule has 1 aliphatic rings. The molecule has 0 radical (unpaired) electrons. The molecule has 0 N–H and O–H groups in total. The minimum Gasteiger partial charge on any atom is -0.443 e. The highest BCUT2D eigenvalue weighted by molar-refractivity contribution is 5.91. The van der Waals surface area contributed by atoms with Gasteiger partial charge in [0.25, 0.3) is 5.82 Å². The monoisotopic (exact) mass is 346 g/mol. The fourth-order valence-electron chi connectivity index (χ4n) is 4.63. The van der Waals surface area contributed by atoms with Crippen LogP contribution in [0.5, 0.6) is 0 Å². The van der Waals surface area contributed by atoms with Gasteiger partial charge in [0.2, 0.25) is 0 Å². The van der Waals surface area contributed by atoms with E-state index < -0.39 is 0 Å². The van der Waals surface area contributed by atoms with Crippen molar-refractivity contribution in [2.45, 2.75) is 39.2 Å². The fourth-order valence-corrected chi connectivity index (χ4v) is 4.63. The summed E-state index contributed by atoms with van der Waals surface area (Å²) in [5, 5.41) is 0. The van der Waals surface area contributed by atoms with Crippen LogP contribution in [0, 0.1) is 12.8 Å². The van der Waals surface area contributed by atoms with E-state index in [1.807, 2.05) is 6.07 Å². The Morgan fingerprint density at radius 1 is 1.15 bits per heavy atom. The summed E-state index contributed by atoms with van der Waals surface area (Å²) in [6.45, 7) is 3.23. The van der Waals surface area contributed by atoms with Crippen LogP contribution < -0.4 is 4.57 Å². The number of aryl methyl sites for hydroxylation is 2. The number of fused-ring (bicyclic) bond motifs is 2. The smallest absolute Gasteiger partial charge is 0.293 e. The number of benzene rings is 2. The highest BCUT2D eigenvalue weighted by atomic mass is 16.3. The van der Waals surface area contributed by atoms with Gasteiger partial charge >= 0.3 is 0 Å². The Labute approximate surface area is 153 Å². The zero-order chi connectivity index (χ0) is 17.7. The molecule has 0 unspecified atom stereocenters. The molecule has 1 aliphatic carbocycles. The van der Waals surface area contributed by atoms with Crippen molar-refractivity contribution < 1.29 is 8.98 Å². The second-order valence-electron chi connectivity index (χ2n) is 7.59. The molecule has 4 nitrogen and oxygen atoms in total. The van der Waals surface area contributed by atoms with E-state index >= 15 is 0 Å². The second kappa shape index (κ2) is 5.97. The maximum atomic E-state index is 5.82. The van der Waals surface area contributed by atoms with Gasteiger partial charge in [-0.1, -0.05) is 31.0 Å². The van der Waals surface area contributed by atoms with E-state index in [1.54, 1.807) is 6.39 Å². The van der Waals surface area contributed by atoms with Gasteiger partial charge < -0.3 is 4.42 Å². The first-order chi connectivity index (χ1) is 12.7. The first-order valence-electron chi connectivity index (χ1n) is 9.54. The van der Waals surface area contributed by atoms with Crippen LogP contribution in [0.2, 0.25) is 0 Å². The number of hydrogen-bond acceptors (Lipinski definition) is 2. The minimum atomic E-state index is 0.763. The summed E-state index contributed by atoms with van der Waals surface area (Å²) < 4.78 is 10.6. The molecule has 1 fully saturated rings. The summed E-state index contributed by atoms with van der Waals surface area (Å²) >= 11 is 0. The molecule has 0 atom stereocenters. The summed E-state index contributed by atoms with van der Waals surface area (Å²) in [4.78, 5) is 4.38. The molecule has 2 aromatic carbocycles. The predicted octanol–water partition coefficient (Wildman–Crippen LogP) is 4.77. The number of rotatable bonds is 3. The van der Waals surface area contributed by atoms with Gasteiger partial charge in [0.1, 0.15) is 11.1 Å². The normalized spacial score (nSPS) is 15.5. The van der Waals surface area contributed by atoms with Gasteiger partial charge in [0, 0.05) is 0 Å². The SMILES string of the molecule is Cc1ccc2ncoc2c1-c1n(CC2CCCC2)c2ccccc2[n+]1C. The third kappa shape index (κ3) is 2.28. The van der Waals surface area contributed by atoms with Crippen molar-refractivity contribution in [2.75, 3.05) is 0 Å². The minimum absolute atomic E-state index is 0.763. The number of oxazole rings is 1. The molecule has 26 heavy (non-hydrogen) atoms. The lowest BCUT2D eigenvalue weighted by atomic mass is 10.1. The Hall–Kier alpha value is -2.62. The first kappa shape index (κ1) is 15.6. The van der Waals surface area contributed by atoms with Gasteiger partial charge in [-0.15, -0.1) is 0 Å². The van der Waals surface area contributed by atoms with Crippen molar-refractivity contribution >= 4 is 22.1 Å². The van der Waals surface area contributed by atoms with Crippen LogP contribution >= 0.6 is 0 Å². The number of nitrogens with zero attached hydrogens (tertiary/aromatic N) is 3. The van der Waals surface area contributed by atoms with Crippen molar-refractivity contribution in [3.05, 3.63) is 48.4 Å². The Kier molecular flexibility index (Phi) is 3.59. The molecule has 2 heterocycles. The highest BCUT2D eigenvalue weighted by Crippen LogP contribution is 2.34. The molecular formula is C22H24N3O+. The maximum Gasteiger partial charge on any atom is 0.293 e. The van der Waals surface area contributed by atoms with E-state index in [2.05, 4.69) is 58.4 Å². The van der Waals surface area contributed by atoms with Crippen LogP contribution in [0.4, 0.5) is 0 Å². The van der Waals surface area contributed by atoms with Crippen LogP contribution in [0.1, 0.15) is 31.2 Å². The number of para-hydroxylation sites is 2. The van der Waals surface area contributed by atoms with Crippen molar-refractivity contribution in [2.24, 2.45) is 13.0 Å². The first-order valence-corrected chi connectivity index (χ1v) is 9.54. The maximum absolute atomic E-state index is 5.82. The Balaban J connectivity index is 1.82. The summed E-state index contributed by atoms with van der Waals surface area (Å²) in [5.74, 6) is 1.98. The topological polar surface area (TPSA) is 34.8 Å². The molecule has 0 spiro atoms. The molecule has 4 aromatic rings. The fraction of sp³-hybridized carbons (Fsp3) is 0.364. The van der Waals surface area contributed by atoms with Crippen molar-refractivity contribution in [1.29, 1.82) is 0 Å². The summed E-state index contributed by atoms with van der Waals surface area (Å²) in [6.07, 6.45) is 6.95. The zero-order valence-corrected chi connectivity index (χ0v) is 15.4. The van der Waals surface area contributed by atoms with Crippen LogP contribution in [0.25, 0.3) is 33.5 Å². The van der Waals surface area contributed by atoms with E-state index in [-0.39, 0.29) is 0 Å². The zero-order valence-electron chi connectivity index (χ0n) is 15.4. The molecule has 0 bridgehead atoms. The van der Waals surface area contributed by atoms with E-state index in [9.17, 15) is 0 Å². The third-order valence-corrected chi connectivity index (χ3v) is 5.95. The Morgan fingerprint density at radius 3 is 2.81 bits per heavy atom. The van der Waals surface area contributed by atoms with Crippen molar-refractivity contribution in [1.82, 2.24) is 9.55 Å². The Bertz CT molecular complexity index is 1100. The quantitative estimate of drug-likeness (QED) is 0.501. The van der Waals surface area contributed by atoms with Crippen molar-refractivity contribution in [3.63, 3.8) is 0 Å². The van der Waals surface area contributed by atoms with E-state index in [4.69, 9.17) is 4.42 Å². The number of aromatic nitrogens is 3. The van der Waals surface area contributed by atoms with Crippen LogP contribution in [-0.2, 0) is 13.6 Å². The molecule has 132 valence electrons. The van der Waals surface area contributed by atoms with Crippen LogP contribution in [0.15, 0.2) is 47.2 Å². The highest BCUT2D eigenvalue weighted by Gasteiger charge is 2.30. The summed E-state index contributed by atoms with van der Waals surface area (Å²) in [7, 11) is 2.16. The molecule has 4 heteroatoms. The summed E-state index contributed by atoms with van der Waals surface area (Å²) in [5.41, 5.74) is 6.75. The third-order valence-electron chi connectivity index (χ3n) is 5.95. The lowest BCUT2D eigenvalue weighted by Gasteiger charge is -2.10. The average molecular weight is 346 g/mol. The van der Waals surface area contributed by atoms with Gasteiger partial charge in [-0.25, -0.2) is 14.1 Å². The molecule has 5 rings (SSSR count). The lowest BCUT2D eigenvalue weighted by Crippen LogP contribution is -2.31. The van der Waals surface area contributed by atoms with Gasteiger partial charge in [-0.3, -0.25) is 0 Å². The number of imidazole rings is 1. The van der Waals surface area contributed by atoms with Gasteiger partial charge in [-0.2, -0.15) is 0 Å². The second-order valence-corrected chi connectivity index (χ2v) is 7.59. The molecule has 0 amide bonds. The number of hydrogen-bond donors (Lipinski definition) is 0. The Morgan fingerprint density at radius 2 is 1.96 bits per heavy atom. The van der Waals surface area contributed by atoms with E-state index in [0.29, 0.717) is 0 Å². The molecule has 1 saturated carbocycles. The van der Waals surface area contributed by atoms with Gasteiger partial charge in [-0.05, 0) is 49.4 Å². The van der Waals surface area contributed by atoms with E-state index in [1.165, 1.54) is 48.1 Å². The van der Waals surface area contributed by atoms with Crippen LogP contribution in [-0.4, -0.2) is 9.55 Å². The molecular weight excluding hydrogens is 322 g/mol. The molecule has 0 saturated heterocycles. The standard InChI is InChI=1S/C22H24N3O/c1-15-11-12-17-21(26-14-23-17)20(15)22-24(2)18-9-5-6-10-19(18)25(22)13-16-7-3-4-8-16/h5-6,9-12,14,16H,3-4,7-8,13H2,1-2H3/q+1. The van der Waals surface area contributed by atoms with E-state index in [0.717, 1.165) is 29.1 Å². The largest absolute Gasteiger partial charge is 0.443 e. The average Bonchev–Trinajstić information content (AvgIpc) is 3.38. The predicted molar refractivity (Wildman–Crippen MR) is 103 cm³/mol. The van der Waals surface area contributed by atoms with Crippen molar-refractivity contribution in [3.8, 4) is 11.4 Å². The lowest BCUT2D eigenvalue weighted by molar-refractivity contribution is -0.634. The molecule has 0 aliphatic heterocycles. The van der Waals surface area contributed by atoms with Gasteiger partial charge in [0.15, 0.2) is 23.0 Å². The molecule has 2 aromatic heterocycles. The van der Waals surface area contributed by atoms with Crippen LogP contribution in [0.3, 0.4) is 0 Å². The van der Waals surface area contributed by atoms with Gasteiger partial charge in [0.05, 0.1) is 13.6 Å².